The van der Waals surface area contributed by atoms with Gasteiger partial charge in [-0.2, -0.15) is 0 Å². The number of carbonyl (C=O) groups is 1. The summed E-state index contributed by atoms with van der Waals surface area (Å²) in [5.74, 6) is -0.380. The number of aromatic nitrogens is 1. The van der Waals surface area contributed by atoms with Crippen LogP contribution < -0.4 is 0 Å². The Kier molecular flexibility index (Phi) is 3.49. The Morgan fingerprint density at radius 3 is 2.47 bits per heavy atom. The maximum Gasteiger partial charge on any atom is 0.168 e. The molecule has 1 aromatic heterocycles. The first-order valence-electron chi connectivity index (χ1n) is 5.04. The molecule has 86 valence electrons. The molecule has 0 amide bonds. The largest absolute Gasteiger partial charge is 0.294 e. The predicted octanol–water partition coefficient (Wildman–Crippen LogP) is 3.30. The number of Topliss-reactive ketones (excluding diaryl/α,β-unsaturated/α-hetero) is 1. The van der Waals surface area contributed by atoms with Gasteiger partial charge in [0.15, 0.2) is 5.78 Å². The van der Waals surface area contributed by atoms with E-state index in [0.717, 1.165) is 5.56 Å². The predicted molar refractivity (Wildman–Crippen MR) is 63.7 cm³/mol. The summed E-state index contributed by atoms with van der Waals surface area (Å²) in [7, 11) is 0. The molecule has 1 heterocycles. The molecule has 0 spiro atoms. The van der Waals surface area contributed by atoms with Crippen LogP contribution in [-0.2, 0) is 6.42 Å². The van der Waals surface area contributed by atoms with Crippen molar-refractivity contribution in [2.24, 2.45) is 0 Å². The number of carbonyl (C=O) groups excluding carboxylic acids is 1. The first kappa shape index (κ1) is 11.7. The minimum absolute atomic E-state index is 0.0687. The third-order valence-corrected chi connectivity index (χ3v) is 2.55. The van der Waals surface area contributed by atoms with Crippen LogP contribution in [0.5, 0.6) is 0 Å². The summed E-state index contributed by atoms with van der Waals surface area (Å²) in [4.78, 5) is 15.7. The maximum absolute atomic E-state index is 12.7. The number of benzene rings is 1. The van der Waals surface area contributed by atoms with Gasteiger partial charge < -0.3 is 0 Å². The molecule has 2 rings (SSSR count). The molecule has 2 aromatic rings. The molecule has 0 aliphatic heterocycles. The van der Waals surface area contributed by atoms with Gasteiger partial charge in [0.25, 0.3) is 0 Å². The molecule has 0 saturated carbocycles. The summed E-state index contributed by atoms with van der Waals surface area (Å²) in [6.07, 6.45) is 1.66. The first-order chi connectivity index (χ1) is 8.15. The fourth-order valence-electron chi connectivity index (χ4n) is 1.43. The van der Waals surface area contributed by atoms with Crippen LogP contribution in [0.25, 0.3) is 0 Å². The Labute approximate surface area is 103 Å². The quantitative estimate of drug-likeness (QED) is 0.617. The average Bonchev–Trinajstić information content (AvgIpc) is 2.33. The number of halogens is 2. The van der Waals surface area contributed by atoms with Gasteiger partial charge >= 0.3 is 0 Å². The number of hydrogen-bond acceptors (Lipinski definition) is 2. The normalized spacial score (nSPS) is 10.2. The molecule has 0 fully saturated rings. The highest BCUT2D eigenvalue weighted by molar-refractivity contribution is 6.29. The molecule has 0 aliphatic rings. The van der Waals surface area contributed by atoms with Gasteiger partial charge in [-0.25, -0.2) is 9.37 Å². The van der Waals surface area contributed by atoms with Crippen molar-refractivity contribution in [1.29, 1.82) is 0 Å². The van der Waals surface area contributed by atoms with Crippen LogP contribution in [-0.4, -0.2) is 10.8 Å². The van der Waals surface area contributed by atoms with Crippen LogP contribution in [0.2, 0.25) is 5.15 Å². The SMILES string of the molecule is O=C(Cc1ccc(F)cc1)c1ccc(Cl)nc1. The minimum Gasteiger partial charge on any atom is -0.294 e. The second-order valence-electron chi connectivity index (χ2n) is 3.60. The van der Waals surface area contributed by atoms with Crippen LogP contribution in [0.4, 0.5) is 4.39 Å². The van der Waals surface area contributed by atoms with Crippen LogP contribution in [0, 0.1) is 5.82 Å². The van der Waals surface area contributed by atoms with Crippen molar-refractivity contribution in [1.82, 2.24) is 4.98 Å². The highest BCUT2D eigenvalue weighted by atomic mass is 35.5. The minimum atomic E-state index is -0.311. The third-order valence-electron chi connectivity index (χ3n) is 2.33. The molecule has 0 unspecified atom stereocenters. The number of rotatable bonds is 3. The van der Waals surface area contributed by atoms with Crippen LogP contribution in [0.1, 0.15) is 15.9 Å². The lowest BCUT2D eigenvalue weighted by Crippen LogP contribution is -2.03. The Balaban J connectivity index is 2.11. The van der Waals surface area contributed by atoms with E-state index in [1.807, 2.05) is 0 Å². The van der Waals surface area contributed by atoms with E-state index in [2.05, 4.69) is 4.98 Å². The second kappa shape index (κ2) is 5.06. The van der Waals surface area contributed by atoms with E-state index in [4.69, 9.17) is 11.6 Å². The molecule has 0 saturated heterocycles. The Hall–Kier alpha value is -1.74. The molecule has 1 aromatic carbocycles. The number of nitrogens with zero attached hydrogens (tertiary/aromatic N) is 1. The molecule has 0 bridgehead atoms. The maximum atomic E-state index is 12.7. The molecular formula is C13H9ClFNO. The van der Waals surface area contributed by atoms with Crippen LogP contribution in [0.15, 0.2) is 42.6 Å². The summed E-state index contributed by atoms with van der Waals surface area (Å²) in [6.45, 7) is 0. The fourth-order valence-corrected chi connectivity index (χ4v) is 1.54. The topological polar surface area (TPSA) is 30.0 Å². The lowest BCUT2D eigenvalue weighted by Gasteiger charge is -2.01. The Morgan fingerprint density at radius 1 is 1.18 bits per heavy atom. The second-order valence-corrected chi connectivity index (χ2v) is 3.98. The van der Waals surface area contributed by atoms with Gasteiger partial charge in [-0.15, -0.1) is 0 Å². The monoisotopic (exact) mass is 249 g/mol. The number of ketones is 1. The molecule has 0 atom stereocenters. The van der Waals surface area contributed by atoms with Gasteiger partial charge in [0, 0.05) is 18.2 Å². The summed E-state index contributed by atoms with van der Waals surface area (Å²) in [6, 6.07) is 9.05. The van der Waals surface area contributed by atoms with Crippen molar-refractivity contribution in [3.05, 3.63) is 64.7 Å². The number of hydrogen-bond donors (Lipinski definition) is 0. The van der Waals surface area contributed by atoms with Gasteiger partial charge in [-0.1, -0.05) is 23.7 Å². The molecule has 2 nitrogen and oxygen atoms in total. The number of pyridine rings is 1. The van der Waals surface area contributed by atoms with E-state index in [1.165, 1.54) is 18.3 Å². The molecule has 0 aliphatic carbocycles. The van der Waals surface area contributed by atoms with Crippen molar-refractivity contribution in [3.63, 3.8) is 0 Å². The lowest BCUT2D eigenvalue weighted by molar-refractivity contribution is 0.0992. The zero-order chi connectivity index (χ0) is 12.3. The van der Waals surface area contributed by atoms with Gasteiger partial charge in [0.1, 0.15) is 11.0 Å². The summed E-state index contributed by atoms with van der Waals surface area (Å²) in [5, 5.41) is 0.350. The molecular weight excluding hydrogens is 241 g/mol. The molecule has 4 heteroatoms. The van der Waals surface area contributed by atoms with E-state index >= 15 is 0 Å². The average molecular weight is 250 g/mol. The molecule has 0 radical (unpaired) electrons. The van der Waals surface area contributed by atoms with Gasteiger partial charge in [-0.3, -0.25) is 4.79 Å². The fraction of sp³-hybridized carbons (Fsp3) is 0.0769. The first-order valence-corrected chi connectivity index (χ1v) is 5.42. The van der Waals surface area contributed by atoms with E-state index in [0.29, 0.717) is 10.7 Å². The van der Waals surface area contributed by atoms with Crippen LogP contribution >= 0.6 is 11.6 Å². The summed E-state index contributed by atoms with van der Waals surface area (Å²) < 4.78 is 12.7. The standard InChI is InChI=1S/C13H9ClFNO/c14-13-6-3-10(8-16-13)12(17)7-9-1-4-11(15)5-2-9/h1-6,8H,7H2. The smallest absolute Gasteiger partial charge is 0.168 e. The zero-order valence-corrected chi connectivity index (χ0v) is 9.62. The molecule has 17 heavy (non-hydrogen) atoms. The van der Waals surface area contributed by atoms with Crippen molar-refractivity contribution in [2.75, 3.05) is 0 Å². The Morgan fingerprint density at radius 2 is 1.88 bits per heavy atom. The third kappa shape index (κ3) is 3.11. The highest BCUT2D eigenvalue weighted by Crippen LogP contribution is 2.10. The van der Waals surface area contributed by atoms with E-state index in [-0.39, 0.29) is 18.0 Å². The van der Waals surface area contributed by atoms with Gasteiger partial charge in [0.05, 0.1) is 0 Å². The van der Waals surface area contributed by atoms with Crippen molar-refractivity contribution in [2.45, 2.75) is 6.42 Å². The van der Waals surface area contributed by atoms with Crippen molar-refractivity contribution >= 4 is 17.4 Å². The van der Waals surface area contributed by atoms with Crippen molar-refractivity contribution in [3.8, 4) is 0 Å². The van der Waals surface area contributed by atoms with E-state index in [9.17, 15) is 9.18 Å². The van der Waals surface area contributed by atoms with E-state index in [1.54, 1.807) is 24.3 Å². The molecule has 0 N–H and O–H groups in total. The highest BCUT2D eigenvalue weighted by Gasteiger charge is 2.07. The Bertz CT molecular complexity index is 522. The summed E-state index contributed by atoms with van der Waals surface area (Å²) >= 11 is 5.63. The zero-order valence-electron chi connectivity index (χ0n) is 8.86. The van der Waals surface area contributed by atoms with Gasteiger partial charge in [-0.05, 0) is 29.8 Å². The van der Waals surface area contributed by atoms with Crippen molar-refractivity contribution < 1.29 is 9.18 Å². The van der Waals surface area contributed by atoms with Crippen LogP contribution in [0.3, 0.4) is 0 Å². The summed E-state index contributed by atoms with van der Waals surface area (Å²) in [5.41, 5.74) is 1.27. The van der Waals surface area contributed by atoms with E-state index < -0.39 is 0 Å². The lowest BCUT2D eigenvalue weighted by atomic mass is 10.0. The van der Waals surface area contributed by atoms with Gasteiger partial charge in [0.2, 0.25) is 0 Å².